The third kappa shape index (κ3) is 4.71. The first-order valence-electron chi connectivity index (χ1n) is 7.04. The Bertz CT molecular complexity index is 440. The Labute approximate surface area is 134 Å². The SMILES string of the molecule is CN(CCOCC1CC1)C(CN)c1ccc(Cl)c(Br)c1. The third-order valence-electron chi connectivity index (χ3n) is 3.72. The molecule has 0 bridgehead atoms. The first kappa shape index (κ1) is 16.2. The van der Waals surface area contributed by atoms with Gasteiger partial charge in [-0.25, -0.2) is 0 Å². The van der Waals surface area contributed by atoms with Crippen molar-refractivity contribution in [2.45, 2.75) is 18.9 Å². The molecule has 5 heteroatoms. The second-order valence-electron chi connectivity index (χ2n) is 5.42. The van der Waals surface area contributed by atoms with E-state index < -0.39 is 0 Å². The van der Waals surface area contributed by atoms with Crippen LogP contribution in [0.15, 0.2) is 22.7 Å². The zero-order chi connectivity index (χ0) is 14.5. The molecular weight excluding hydrogens is 340 g/mol. The van der Waals surface area contributed by atoms with E-state index in [2.05, 4.69) is 27.9 Å². The van der Waals surface area contributed by atoms with Crippen molar-refractivity contribution in [3.05, 3.63) is 33.3 Å². The number of nitrogens with zero attached hydrogens (tertiary/aromatic N) is 1. The summed E-state index contributed by atoms with van der Waals surface area (Å²) in [6, 6.07) is 6.17. The lowest BCUT2D eigenvalue weighted by atomic mass is 10.1. The van der Waals surface area contributed by atoms with Gasteiger partial charge in [0.25, 0.3) is 0 Å². The van der Waals surface area contributed by atoms with Gasteiger partial charge in [-0.1, -0.05) is 17.7 Å². The van der Waals surface area contributed by atoms with Gasteiger partial charge in [-0.2, -0.15) is 0 Å². The predicted octanol–water partition coefficient (Wildman–Crippen LogP) is 3.46. The van der Waals surface area contributed by atoms with Crippen molar-refractivity contribution in [3.8, 4) is 0 Å². The van der Waals surface area contributed by atoms with Gasteiger partial charge in [0.1, 0.15) is 0 Å². The van der Waals surface area contributed by atoms with Crippen LogP contribution < -0.4 is 5.73 Å². The van der Waals surface area contributed by atoms with Gasteiger partial charge < -0.3 is 10.5 Å². The van der Waals surface area contributed by atoms with E-state index in [9.17, 15) is 0 Å². The molecule has 1 aliphatic rings. The van der Waals surface area contributed by atoms with Crippen LogP contribution in [0.1, 0.15) is 24.4 Å². The van der Waals surface area contributed by atoms with E-state index in [-0.39, 0.29) is 6.04 Å². The summed E-state index contributed by atoms with van der Waals surface area (Å²) in [5.41, 5.74) is 7.10. The number of ether oxygens (including phenoxy) is 1. The average molecular weight is 362 g/mol. The Kier molecular flexibility index (Phi) is 6.30. The van der Waals surface area contributed by atoms with Crippen molar-refractivity contribution < 1.29 is 4.74 Å². The average Bonchev–Trinajstić information content (AvgIpc) is 3.24. The minimum atomic E-state index is 0.188. The molecule has 3 nitrogen and oxygen atoms in total. The van der Waals surface area contributed by atoms with Gasteiger partial charge in [-0.3, -0.25) is 4.90 Å². The minimum Gasteiger partial charge on any atom is -0.380 e. The Morgan fingerprint density at radius 3 is 2.85 bits per heavy atom. The third-order valence-corrected chi connectivity index (χ3v) is 4.94. The maximum absolute atomic E-state index is 6.03. The van der Waals surface area contributed by atoms with Gasteiger partial charge in [-0.05, 0) is 59.4 Å². The van der Waals surface area contributed by atoms with Crippen LogP contribution in [-0.2, 0) is 4.74 Å². The van der Waals surface area contributed by atoms with Crippen LogP contribution in [0.3, 0.4) is 0 Å². The second-order valence-corrected chi connectivity index (χ2v) is 6.69. The van der Waals surface area contributed by atoms with E-state index in [1.807, 2.05) is 18.2 Å². The number of hydrogen-bond donors (Lipinski definition) is 1. The smallest absolute Gasteiger partial charge is 0.0593 e. The van der Waals surface area contributed by atoms with Crippen LogP contribution >= 0.6 is 27.5 Å². The molecule has 1 unspecified atom stereocenters. The van der Waals surface area contributed by atoms with Gasteiger partial charge in [0.15, 0.2) is 0 Å². The lowest BCUT2D eigenvalue weighted by Gasteiger charge is -2.27. The number of nitrogens with two attached hydrogens (primary N) is 1. The van der Waals surface area contributed by atoms with Gasteiger partial charge in [-0.15, -0.1) is 0 Å². The van der Waals surface area contributed by atoms with E-state index in [0.717, 1.165) is 35.2 Å². The zero-order valence-corrected chi connectivity index (χ0v) is 14.2. The van der Waals surface area contributed by atoms with Crippen molar-refractivity contribution in [3.63, 3.8) is 0 Å². The largest absolute Gasteiger partial charge is 0.380 e. The molecular formula is C15H22BrClN2O. The van der Waals surface area contributed by atoms with Gasteiger partial charge in [0.05, 0.1) is 11.6 Å². The molecule has 1 atom stereocenters. The molecule has 112 valence electrons. The summed E-state index contributed by atoms with van der Waals surface area (Å²) in [5.74, 6) is 0.817. The number of likely N-dealkylation sites (N-methyl/N-ethyl adjacent to an activating group) is 1. The molecule has 0 saturated heterocycles. The highest BCUT2D eigenvalue weighted by molar-refractivity contribution is 9.10. The molecule has 0 aliphatic heterocycles. The maximum atomic E-state index is 6.03. The Morgan fingerprint density at radius 2 is 2.25 bits per heavy atom. The Morgan fingerprint density at radius 1 is 1.50 bits per heavy atom. The number of benzene rings is 1. The highest BCUT2D eigenvalue weighted by Crippen LogP contribution is 2.29. The lowest BCUT2D eigenvalue weighted by Crippen LogP contribution is -2.33. The summed E-state index contributed by atoms with van der Waals surface area (Å²) >= 11 is 9.50. The number of halogens is 2. The normalized spacial score (nSPS) is 16.6. The second kappa shape index (κ2) is 7.76. The summed E-state index contributed by atoms with van der Waals surface area (Å²) < 4.78 is 6.60. The van der Waals surface area contributed by atoms with Crippen LogP contribution in [0.25, 0.3) is 0 Å². The summed E-state index contributed by atoms with van der Waals surface area (Å²) in [6.07, 6.45) is 2.67. The van der Waals surface area contributed by atoms with Crippen LogP contribution in [-0.4, -0.2) is 38.3 Å². The molecule has 1 aliphatic carbocycles. The van der Waals surface area contributed by atoms with Crippen LogP contribution in [0.5, 0.6) is 0 Å². The molecule has 0 heterocycles. The van der Waals surface area contributed by atoms with E-state index in [1.165, 1.54) is 18.4 Å². The van der Waals surface area contributed by atoms with E-state index >= 15 is 0 Å². The van der Waals surface area contributed by atoms with Crippen LogP contribution in [0, 0.1) is 5.92 Å². The molecule has 1 aromatic carbocycles. The fourth-order valence-electron chi connectivity index (χ4n) is 2.19. The first-order valence-corrected chi connectivity index (χ1v) is 8.22. The van der Waals surface area contributed by atoms with Crippen molar-refractivity contribution >= 4 is 27.5 Å². The standard InChI is InChI=1S/C15H22BrClN2O/c1-19(6-7-20-10-11-2-3-11)15(9-18)12-4-5-14(17)13(16)8-12/h4-5,8,11,15H,2-3,6-7,9-10,18H2,1H3. The zero-order valence-electron chi connectivity index (χ0n) is 11.8. The molecule has 1 fully saturated rings. The summed E-state index contributed by atoms with van der Waals surface area (Å²) in [6.45, 7) is 3.13. The summed E-state index contributed by atoms with van der Waals surface area (Å²) in [4.78, 5) is 2.24. The first-order chi connectivity index (χ1) is 9.61. The molecule has 0 aromatic heterocycles. The summed E-state index contributed by atoms with van der Waals surface area (Å²) in [5, 5.41) is 0.722. The van der Waals surface area contributed by atoms with Crippen LogP contribution in [0.4, 0.5) is 0 Å². The quantitative estimate of drug-likeness (QED) is 0.721. The monoisotopic (exact) mass is 360 g/mol. The molecule has 2 rings (SSSR count). The minimum absolute atomic E-state index is 0.188. The molecule has 0 amide bonds. The Balaban J connectivity index is 1.86. The van der Waals surface area contributed by atoms with Crippen molar-refractivity contribution in [1.82, 2.24) is 4.90 Å². The number of hydrogen-bond acceptors (Lipinski definition) is 3. The highest BCUT2D eigenvalue weighted by Gasteiger charge is 2.21. The Hall–Kier alpha value is -0.130. The molecule has 2 N–H and O–H groups in total. The predicted molar refractivity (Wildman–Crippen MR) is 87.1 cm³/mol. The van der Waals surface area contributed by atoms with E-state index in [4.69, 9.17) is 22.1 Å². The fourth-order valence-corrected chi connectivity index (χ4v) is 2.70. The van der Waals surface area contributed by atoms with E-state index in [1.54, 1.807) is 0 Å². The maximum Gasteiger partial charge on any atom is 0.0593 e. The molecule has 0 radical (unpaired) electrons. The number of rotatable bonds is 8. The molecule has 0 spiro atoms. The lowest BCUT2D eigenvalue weighted by molar-refractivity contribution is 0.0922. The van der Waals surface area contributed by atoms with Gasteiger partial charge >= 0.3 is 0 Å². The molecule has 1 saturated carbocycles. The molecule has 20 heavy (non-hydrogen) atoms. The fraction of sp³-hybridized carbons (Fsp3) is 0.600. The van der Waals surface area contributed by atoms with Crippen LogP contribution in [0.2, 0.25) is 5.02 Å². The van der Waals surface area contributed by atoms with Gasteiger partial charge in [0, 0.05) is 30.2 Å². The van der Waals surface area contributed by atoms with Crippen molar-refractivity contribution in [2.75, 3.05) is 33.4 Å². The summed E-state index contributed by atoms with van der Waals surface area (Å²) in [7, 11) is 2.08. The van der Waals surface area contributed by atoms with Crippen molar-refractivity contribution in [1.29, 1.82) is 0 Å². The topological polar surface area (TPSA) is 38.5 Å². The van der Waals surface area contributed by atoms with Gasteiger partial charge in [0.2, 0.25) is 0 Å². The van der Waals surface area contributed by atoms with E-state index in [0.29, 0.717) is 6.54 Å². The molecule has 1 aromatic rings. The van der Waals surface area contributed by atoms with Crippen molar-refractivity contribution in [2.24, 2.45) is 11.7 Å². The highest BCUT2D eigenvalue weighted by atomic mass is 79.9.